The number of nitrogens with zero attached hydrogens (tertiary/aromatic N) is 2. The zero-order chi connectivity index (χ0) is 20.9. The van der Waals surface area contributed by atoms with Crippen LogP contribution in [0.25, 0.3) is 10.3 Å². The van der Waals surface area contributed by atoms with Crippen molar-refractivity contribution < 1.29 is 14.3 Å². The maximum absolute atomic E-state index is 12.7. The van der Waals surface area contributed by atoms with Crippen LogP contribution in [0.4, 0.5) is 0 Å². The van der Waals surface area contributed by atoms with Gasteiger partial charge in [0.2, 0.25) is 0 Å². The molecule has 7 heteroatoms. The number of thiazole rings is 1. The van der Waals surface area contributed by atoms with E-state index in [-0.39, 0.29) is 12.2 Å². The van der Waals surface area contributed by atoms with Crippen LogP contribution in [0, 0.1) is 0 Å². The van der Waals surface area contributed by atoms with Gasteiger partial charge in [0.05, 0.1) is 6.61 Å². The molecule has 0 aliphatic rings. The lowest BCUT2D eigenvalue weighted by atomic mass is 10.0. The molecule has 0 spiro atoms. The van der Waals surface area contributed by atoms with Crippen LogP contribution in [0.3, 0.4) is 0 Å². The Balaban J connectivity index is 1.87. The number of pyridine rings is 1. The van der Waals surface area contributed by atoms with E-state index in [4.69, 9.17) is 9.47 Å². The van der Waals surface area contributed by atoms with E-state index >= 15 is 0 Å². The Kier molecular flexibility index (Phi) is 6.30. The van der Waals surface area contributed by atoms with Gasteiger partial charge in [-0.3, -0.25) is 0 Å². The second-order valence-corrected chi connectivity index (χ2v) is 8.41. The number of ether oxygens (including phenoxy) is 2. The number of hydrogen-bond donors (Lipinski definition) is 0. The van der Waals surface area contributed by atoms with E-state index in [9.17, 15) is 4.79 Å². The summed E-state index contributed by atoms with van der Waals surface area (Å²) in [5.41, 5.74) is 2.80. The van der Waals surface area contributed by atoms with Crippen LogP contribution in [0.2, 0.25) is 0 Å². The lowest BCUT2D eigenvalue weighted by Crippen LogP contribution is -2.14. The van der Waals surface area contributed by atoms with Gasteiger partial charge in [-0.25, -0.2) is 14.8 Å². The predicted molar refractivity (Wildman–Crippen MR) is 121 cm³/mol. The van der Waals surface area contributed by atoms with Gasteiger partial charge in [-0.15, -0.1) is 0 Å². The van der Waals surface area contributed by atoms with Crippen LogP contribution in [0.15, 0.2) is 71.2 Å². The van der Waals surface area contributed by atoms with Crippen molar-refractivity contribution in [3.8, 4) is 5.75 Å². The van der Waals surface area contributed by atoms with Crippen LogP contribution in [0.5, 0.6) is 5.75 Å². The van der Waals surface area contributed by atoms with Gasteiger partial charge in [0.15, 0.2) is 10.1 Å². The van der Waals surface area contributed by atoms with Crippen LogP contribution in [0.1, 0.15) is 34.5 Å². The highest BCUT2D eigenvalue weighted by atomic mass is 32.2. The van der Waals surface area contributed by atoms with E-state index in [1.807, 2.05) is 66.9 Å². The molecule has 0 amide bonds. The van der Waals surface area contributed by atoms with Crippen molar-refractivity contribution in [3.05, 3.63) is 83.6 Å². The number of aromatic nitrogens is 2. The van der Waals surface area contributed by atoms with Crippen molar-refractivity contribution in [1.82, 2.24) is 9.97 Å². The topological polar surface area (TPSA) is 61.3 Å². The summed E-state index contributed by atoms with van der Waals surface area (Å²) < 4.78 is 12.7. The lowest BCUT2D eigenvalue weighted by molar-refractivity contribution is 0.0520. The number of thioether (sulfide) groups is 1. The van der Waals surface area contributed by atoms with Gasteiger partial charge in [0.1, 0.15) is 22.0 Å². The van der Waals surface area contributed by atoms with E-state index in [1.165, 1.54) is 29.3 Å². The minimum absolute atomic E-state index is 0.268. The van der Waals surface area contributed by atoms with E-state index in [1.54, 1.807) is 6.92 Å². The van der Waals surface area contributed by atoms with Gasteiger partial charge in [0, 0.05) is 6.20 Å². The van der Waals surface area contributed by atoms with Crippen molar-refractivity contribution in [2.24, 2.45) is 0 Å². The van der Waals surface area contributed by atoms with Crippen LogP contribution in [-0.4, -0.2) is 28.8 Å². The Morgan fingerprint density at radius 3 is 2.27 bits per heavy atom. The SMILES string of the molecule is CCOC(=O)c1cnc2sc(SC)nc2c1OC(c1ccccc1)c1ccccc1. The molecule has 0 aliphatic carbocycles. The van der Waals surface area contributed by atoms with Crippen molar-refractivity contribution in [1.29, 1.82) is 0 Å². The Morgan fingerprint density at radius 1 is 1.07 bits per heavy atom. The Bertz CT molecular complexity index is 1110. The molecule has 2 heterocycles. The molecule has 4 rings (SSSR count). The molecule has 5 nitrogen and oxygen atoms in total. The first-order chi connectivity index (χ1) is 14.7. The summed E-state index contributed by atoms with van der Waals surface area (Å²) in [4.78, 5) is 22.5. The molecule has 0 unspecified atom stereocenters. The minimum atomic E-state index is -0.472. The number of fused-ring (bicyclic) bond motifs is 1. The molecular weight excluding hydrogens is 416 g/mol. The van der Waals surface area contributed by atoms with E-state index in [0.29, 0.717) is 11.3 Å². The van der Waals surface area contributed by atoms with Gasteiger partial charge >= 0.3 is 5.97 Å². The number of carbonyl (C=O) groups is 1. The Hall–Kier alpha value is -2.90. The minimum Gasteiger partial charge on any atom is -0.478 e. The molecular formula is C23H20N2O3S2. The van der Waals surface area contributed by atoms with Gasteiger partial charge in [0.25, 0.3) is 0 Å². The number of rotatable bonds is 7. The third kappa shape index (κ3) is 4.17. The fourth-order valence-electron chi connectivity index (χ4n) is 3.10. The first-order valence-electron chi connectivity index (χ1n) is 9.48. The van der Waals surface area contributed by atoms with Crippen molar-refractivity contribution in [3.63, 3.8) is 0 Å². The monoisotopic (exact) mass is 436 g/mol. The van der Waals surface area contributed by atoms with Crippen molar-refractivity contribution in [2.75, 3.05) is 12.9 Å². The predicted octanol–water partition coefficient (Wildman–Crippen LogP) is 5.76. The Labute approximate surface area is 183 Å². The molecule has 0 saturated heterocycles. The summed E-state index contributed by atoms with van der Waals surface area (Å²) in [5, 5.41) is 0. The van der Waals surface area contributed by atoms with Gasteiger partial charge in [-0.1, -0.05) is 83.8 Å². The molecule has 152 valence electrons. The normalized spacial score (nSPS) is 11.0. The molecule has 0 radical (unpaired) electrons. The fourth-order valence-corrected chi connectivity index (χ4v) is 4.50. The third-order valence-electron chi connectivity index (χ3n) is 4.47. The standard InChI is InChI=1S/C23H20N2O3S2/c1-3-27-22(26)17-14-24-21-18(25-23(29-2)30-21)20(17)28-19(15-10-6-4-7-11-15)16-12-8-5-9-13-16/h4-14,19H,3H2,1-2H3. The first-order valence-corrected chi connectivity index (χ1v) is 11.5. The molecule has 2 aromatic heterocycles. The highest BCUT2D eigenvalue weighted by molar-refractivity contribution is 8.00. The van der Waals surface area contributed by atoms with Gasteiger partial charge < -0.3 is 9.47 Å². The van der Waals surface area contributed by atoms with Crippen molar-refractivity contribution in [2.45, 2.75) is 17.4 Å². The lowest BCUT2D eigenvalue weighted by Gasteiger charge is -2.21. The smallest absolute Gasteiger partial charge is 0.343 e. The average molecular weight is 437 g/mol. The zero-order valence-electron chi connectivity index (χ0n) is 16.6. The van der Waals surface area contributed by atoms with Crippen LogP contribution >= 0.6 is 23.1 Å². The molecule has 0 aliphatic heterocycles. The summed E-state index contributed by atoms with van der Waals surface area (Å²) in [7, 11) is 0. The average Bonchev–Trinajstić information content (AvgIpc) is 3.22. The number of hydrogen-bond acceptors (Lipinski definition) is 7. The zero-order valence-corrected chi connectivity index (χ0v) is 18.2. The third-order valence-corrected chi connectivity index (χ3v) is 6.42. The van der Waals surface area contributed by atoms with Gasteiger partial charge in [-0.05, 0) is 24.3 Å². The first kappa shape index (κ1) is 20.4. The summed E-state index contributed by atoms with van der Waals surface area (Å²) in [6.07, 6.45) is 3.07. The molecule has 0 atom stereocenters. The fraction of sp³-hybridized carbons (Fsp3) is 0.174. The summed E-state index contributed by atoms with van der Waals surface area (Å²) in [5.74, 6) is -0.0758. The highest BCUT2D eigenvalue weighted by Gasteiger charge is 2.25. The molecule has 2 aromatic carbocycles. The maximum Gasteiger partial charge on any atom is 0.343 e. The number of carbonyl (C=O) groups excluding carboxylic acids is 1. The number of benzene rings is 2. The highest BCUT2D eigenvalue weighted by Crippen LogP contribution is 2.38. The molecule has 0 saturated carbocycles. The molecule has 0 N–H and O–H groups in total. The Morgan fingerprint density at radius 2 is 1.70 bits per heavy atom. The quantitative estimate of drug-likeness (QED) is 0.271. The van der Waals surface area contributed by atoms with E-state index in [0.717, 1.165) is 20.3 Å². The van der Waals surface area contributed by atoms with Crippen LogP contribution < -0.4 is 4.74 Å². The molecule has 4 aromatic rings. The van der Waals surface area contributed by atoms with Crippen molar-refractivity contribution >= 4 is 39.4 Å². The van der Waals surface area contributed by atoms with E-state index in [2.05, 4.69) is 9.97 Å². The summed E-state index contributed by atoms with van der Waals surface area (Å²) in [6.45, 7) is 2.04. The molecule has 30 heavy (non-hydrogen) atoms. The number of esters is 1. The largest absolute Gasteiger partial charge is 0.478 e. The molecule has 0 fully saturated rings. The summed E-state index contributed by atoms with van der Waals surface area (Å²) in [6, 6.07) is 19.8. The maximum atomic E-state index is 12.7. The second kappa shape index (κ2) is 9.28. The van der Waals surface area contributed by atoms with Gasteiger partial charge in [-0.2, -0.15) is 0 Å². The summed E-state index contributed by atoms with van der Waals surface area (Å²) >= 11 is 3.01. The second-order valence-electron chi connectivity index (χ2n) is 6.38. The van der Waals surface area contributed by atoms with Crippen LogP contribution in [-0.2, 0) is 4.74 Å². The molecule has 0 bridgehead atoms. The van der Waals surface area contributed by atoms with E-state index < -0.39 is 12.1 Å².